The van der Waals surface area contributed by atoms with Gasteiger partial charge in [0.05, 0.1) is 17.1 Å². The van der Waals surface area contributed by atoms with E-state index in [1.807, 2.05) is 54.6 Å². The molecule has 0 amide bonds. The molecule has 138 valence electrons. The summed E-state index contributed by atoms with van der Waals surface area (Å²) in [5, 5.41) is 0. The van der Waals surface area contributed by atoms with Crippen LogP contribution in [0.15, 0.2) is 54.6 Å². The molecule has 2 heterocycles. The van der Waals surface area contributed by atoms with Crippen molar-refractivity contribution in [3.05, 3.63) is 54.6 Å². The van der Waals surface area contributed by atoms with Gasteiger partial charge in [-0.3, -0.25) is 0 Å². The molecule has 6 nitrogen and oxygen atoms in total. The summed E-state index contributed by atoms with van der Waals surface area (Å²) in [6.07, 6.45) is 1.94. The van der Waals surface area contributed by atoms with Crippen molar-refractivity contribution in [1.82, 2.24) is 4.90 Å². The van der Waals surface area contributed by atoms with Crippen molar-refractivity contribution in [2.45, 2.75) is 18.9 Å². The first-order chi connectivity index (χ1) is 12.6. The lowest BCUT2D eigenvalue weighted by Gasteiger charge is -2.31. The standard InChI is InChI=1S/C19H24N4O2S/c20-16-10-12-21(13-11-16)14-15-22-18-8-4-5-9-19(18)23(26(22,24)25)17-6-2-1-3-7-17/h1-9,16H,10-15,20H2. The van der Waals surface area contributed by atoms with E-state index in [9.17, 15) is 8.42 Å². The van der Waals surface area contributed by atoms with E-state index in [4.69, 9.17) is 5.73 Å². The Hall–Kier alpha value is -2.09. The largest absolute Gasteiger partial charge is 0.331 e. The highest BCUT2D eigenvalue weighted by molar-refractivity contribution is 7.95. The molecule has 0 bridgehead atoms. The molecule has 0 saturated carbocycles. The number of nitrogens with zero attached hydrogens (tertiary/aromatic N) is 3. The van der Waals surface area contributed by atoms with Crippen LogP contribution in [-0.4, -0.2) is 45.5 Å². The highest BCUT2D eigenvalue weighted by Gasteiger charge is 2.41. The average molecular weight is 372 g/mol. The SMILES string of the molecule is NC1CCN(CCN2c3ccccc3N(c3ccccc3)S2(=O)=O)CC1. The third-order valence-corrected chi connectivity index (χ3v) is 6.93. The van der Waals surface area contributed by atoms with E-state index in [1.54, 1.807) is 0 Å². The molecule has 1 fully saturated rings. The van der Waals surface area contributed by atoms with Gasteiger partial charge in [0.1, 0.15) is 0 Å². The zero-order valence-corrected chi connectivity index (χ0v) is 15.5. The predicted octanol–water partition coefficient (Wildman–Crippen LogP) is 2.31. The van der Waals surface area contributed by atoms with E-state index < -0.39 is 10.2 Å². The van der Waals surface area contributed by atoms with E-state index in [0.717, 1.165) is 31.6 Å². The Kier molecular flexibility index (Phi) is 4.60. The summed E-state index contributed by atoms with van der Waals surface area (Å²) in [5.41, 5.74) is 8.07. The number of anilines is 3. The number of hydrogen-bond donors (Lipinski definition) is 1. The van der Waals surface area contributed by atoms with Crippen LogP contribution >= 0.6 is 0 Å². The molecule has 0 unspecified atom stereocenters. The maximum Gasteiger partial charge on any atom is 0.331 e. The van der Waals surface area contributed by atoms with Gasteiger partial charge in [0, 0.05) is 19.1 Å². The first kappa shape index (κ1) is 17.3. The van der Waals surface area contributed by atoms with Gasteiger partial charge in [-0.25, -0.2) is 8.61 Å². The molecule has 7 heteroatoms. The molecule has 2 aliphatic rings. The minimum atomic E-state index is -3.64. The van der Waals surface area contributed by atoms with Crippen LogP contribution < -0.4 is 14.3 Å². The van der Waals surface area contributed by atoms with Gasteiger partial charge in [-0.1, -0.05) is 30.3 Å². The van der Waals surface area contributed by atoms with Gasteiger partial charge >= 0.3 is 10.2 Å². The van der Waals surface area contributed by atoms with Crippen LogP contribution in [0.5, 0.6) is 0 Å². The summed E-state index contributed by atoms with van der Waals surface area (Å²) in [6, 6.07) is 17.0. The first-order valence-electron chi connectivity index (χ1n) is 9.02. The number of likely N-dealkylation sites (tertiary alicyclic amines) is 1. The molecule has 0 radical (unpaired) electrons. The molecular weight excluding hydrogens is 348 g/mol. The van der Waals surface area contributed by atoms with Crippen LogP contribution in [0.3, 0.4) is 0 Å². The molecule has 0 aliphatic carbocycles. The molecule has 2 aliphatic heterocycles. The highest BCUT2D eigenvalue weighted by atomic mass is 32.2. The first-order valence-corrected chi connectivity index (χ1v) is 10.4. The van der Waals surface area contributed by atoms with Crippen molar-refractivity contribution < 1.29 is 8.42 Å². The minimum Gasteiger partial charge on any atom is -0.328 e. The number of benzene rings is 2. The van der Waals surface area contributed by atoms with E-state index in [2.05, 4.69) is 4.90 Å². The number of fused-ring (bicyclic) bond motifs is 1. The summed E-state index contributed by atoms with van der Waals surface area (Å²) in [5.74, 6) is 0. The zero-order valence-electron chi connectivity index (χ0n) is 14.7. The Balaban J connectivity index is 1.61. The monoisotopic (exact) mass is 372 g/mol. The predicted molar refractivity (Wildman–Crippen MR) is 105 cm³/mol. The maximum absolute atomic E-state index is 13.3. The summed E-state index contributed by atoms with van der Waals surface area (Å²) in [6.45, 7) is 3.01. The summed E-state index contributed by atoms with van der Waals surface area (Å²) in [7, 11) is -3.64. The Morgan fingerprint density at radius 3 is 2.19 bits per heavy atom. The zero-order chi connectivity index (χ0) is 18.1. The van der Waals surface area contributed by atoms with Gasteiger partial charge in [-0.15, -0.1) is 0 Å². The van der Waals surface area contributed by atoms with Crippen LogP contribution in [0.4, 0.5) is 17.1 Å². The molecule has 0 atom stereocenters. The van der Waals surface area contributed by atoms with Crippen molar-refractivity contribution in [2.75, 3.05) is 34.8 Å². The lowest BCUT2D eigenvalue weighted by atomic mass is 10.1. The molecule has 2 N–H and O–H groups in total. The third-order valence-electron chi connectivity index (χ3n) is 5.12. The third kappa shape index (κ3) is 3.06. The van der Waals surface area contributed by atoms with Crippen molar-refractivity contribution in [3.63, 3.8) is 0 Å². The molecule has 0 spiro atoms. The normalized spacial score (nSPS) is 20.3. The van der Waals surface area contributed by atoms with Crippen molar-refractivity contribution >= 4 is 27.3 Å². The van der Waals surface area contributed by atoms with E-state index in [1.165, 1.54) is 8.61 Å². The Bertz CT molecular complexity index is 864. The number of piperidine rings is 1. The molecule has 2 aromatic rings. The fourth-order valence-electron chi connectivity index (χ4n) is 3.67. The smallest absolute Gasteiger partial charge is 0.328 e. The van der Waals surface area contributed by atoms with Crippen LogP contribution in [0.1, 0.15) is 12.8 Å². The average Bonchev–Trinajstić information content (AvgIpc) is 2.88. The number of para-hydroxylation sites is 3. The summed E-state index contributed by atoms with van der Waals surface area (Å²) in [4.78, 5) is 2.30. The number of rotatable bonds is 4. The Labute approximate surface area is 155 Å². The number of hydrogen-bond acceptors (Lipinski definition) is 4. The van der Waals surface area contributed by atoms with Gasteiger partial charge in [-0.2, -0.15) is 8.42 Å². The Morgan fingerprint density at radius 2 is 1.50 bits per heavy atom. The molecular formula is C19H24N4O2S. The molecule has 4 rings (SSSR count). The fraction of sp³-hybridized carbons (Fsp3) is 0.368. The minimum absolute atomic E-state index is 0.274. The van der Waals surface area contributed by atoms with E-state index >= 15 is 0 Å². The molecule has 1 saturated heterocycles. The fourth-order valence-corrected chi connectivity index (χ4v) is 5.38. The second-order valence-corrected chi connectivity index (χ2v) is 8.55. The summed E-state index contributed by atoms with van der Waals surface area (Å²) >= 11 is 0. The Morgan fingerprint density at radius 1 is 0.885 bits per heavy atom. The van der Waals surface area contributed by atoms with Crippen LogP contribution in [0, 0.1) is 0 Å². The number of nitrogens with two attached hydrogens (primary N) is 1. The lowest BCUT2D eigenvalue weighted by Crippen LogP contribution is -2.44. The van der Waals surface area contributed by atoms with E-state index in [0.29, 0.717) is 24.5 Å². The van der Waals surface area contributed by atoms with Gasteiger partial charge in [0.2, 0.25) is 0 Å². The lowest BCUT2D eigenvalue weighted by molar-refractivity contribution is 0.219. The van der Waals surface area contributed by atoms with Gasteiger partial charge in [0.15, 0.2) is 0 Å². The second kappa shape index (κ2) is 6.90. The van der Waals surface area contributed by atoms with Crippen LogP contribution in [0.25, 0.3) is 0 Å². The van der Waals surface area contributed by atoms with E-state index in [-0.39, 0.29) is 6.04 Å². The summed E-state index contributed by atoms with van der Waals surface area (Å²) < 4.78 is 29.5. The maximum atomic E-state index is 13.3. The highest BCUT2D eigenvalue weighted by Crippen LogP contribution is 2.44. The molecule has 0 aromatic heterocycles. The van der Waals surface area contributed by atoms with Gasteiger partial charge < -0.3 is 10.6 Å². The quantitative estimate of drug-likeness (QED) is 0.894. The molecule has 26 heavy (non-hydrogen) atoms. The second-order valence-electron chi connectivity index (χ2n) is 6.85. The topological polar surface area (TPSA) is 69.9 Å². The van der Waals surface area contributed by atoms with Gasteiger partial charge in [0.25, 0.3) is 0 Å². The van der Waals surface area contributed by atoms with Gasteiger partial charge in [-0.05, 0) is 50.2 Å². The van der Waals surface area contributed by atoms with Crippen molar-refractivity contribution in [1.29, 1.82) is 0 Å². The van der Waals surface area contributed by atoms with Crippen LogP contribution in [-0.2, 0) is 10.2 Å². The van der Waals surface area contributed by atoms with Crippen molar-refractivity contribution in [3.8, 4) is 0 Å². The molecule has 2 aromatic carbocycles. The van der Waals surface area contributed by atoms with Crippen LogP contribution in [0.2, 0.25) is 0 Å². The van der Waals surface area contributed by atoms with Crippen molar-refractivity contribution in [2.24, 2.45) is 5.73 Å².